The Morgan fingerprint density at radius 2 is 1.91 bits per heavy atom. The normalized spacial score (nSPS) is 15.8. The number of nitrogens with zero attached hydrogens (tertiary/aromatic N) is 3. The van der Waals surface area contributed by atoms with Gasteiger partial charge in [-0.05, 0) is 57.3 Å². The van der Waals surface area contributed by atoms with Gasteiger partial charge < -0.3 is 25.8 Å². The van der Waals surface area contributed by atoms with Gasteiger partial charge in [-0.1, -0.05) is 29.8 Å². The topological polar surface area (TPSA) is 72.0 Å². The molecule has 180 valence electrons. The number of hydrogen-bond donors (Lipinski definition) is 3. The molecule has 3 rings (SSSR count). The van der Waals surface area contributed by atoms with E-state index in [0.717, 1.165) is 37.6 Å². The zero-order valence-electron chi connectivity index (χ0n) is 20.1. The number of hydrogen-bond acceptors (Lipinski definition) is 4. The van der Waals surface area contributed by atoms with E-state index in [1.165, 1.54) is 11.3 Å². The fourth-order valence-electron chi connectivity index (χ4n) is 3.76. The van der Waals surface area contributed by atoms with Crippen molar-refractivity contribution in [3.8, 4) is 0 Å². The highest BCUT2D eigenvalue weighted by atomic mass is 127. The first-order valence-corrected chi connectivity index (χ1v) is 11.3. The first-order valence-electron chi connectivity index (χ1n) is 11.3. The van der Waals surface area contributed by atoms with E-state index in [4.69, 9.17) is 0 Å². The van der Waals surface area contributed by atoms with Gasteiger partial charge in [-0.3, -0.25) is 9.79 Å². The Morgan fingerprint density at radius 3 is 2.61 bits per heavy atom. The molecule has 2 aromatic rings. The number of amides is 1. The summed E-state index contributed by atoms with van der Waals surface area (Å²) in [6.45, 7) is 6.15. The molecular formula is C25H37IN6O. The number of rotatable bonds is 8. The van der Waals surface area contributed by atoms with Crippen molar-refractivity contribution in [1.82, 2.24) is 20.9 Å². The average Bonchev–Trinajstić information content (AvgIpc) is 3.25. The Balaban J connectivity index is 0.00000385. The fraction of sp³-hybridized carbons (Fsp3) is 0.440. The van der Waals surface area contributed by atoms with Gasteiger partial charge in [-0.25, -0.2) is 0 Å². The summed E-state index contributed by atoms with van der Waals surface area (Å²) in [5.41, 5.74) is 4.27. The van der Waals surface area contributed by atoms with Crippen molar-refractivity contribution in [3.05, 3.63) is 65.2 Å². The van der Waals surface area contributed by atoms with E-state index in [1.807, 2.05) is 43.3 Å². The predicted molar refractivity (Wildman–Crippen MR) is 148 cm³/mol. The highest BCUT2D eigenvalue weighted by Gasteiger charge is 2.23. The summed E-state index contributed by atoms with van der Waals surface area (Å²) in [5, 5.41) is 9.88. The van der Waals surface area contributed by atoms with E-state index in [1.54, 1.807) is 7.05 Å². The van der Waals surface area contributed by atoms with Crippen LogP contribution < -0.4 is 20.9 Å². The minimum absolute atomic E-state index is 0. The Bertz CT molecular complexity index is 915. The van der Waals surface area contributed by atoms with E-state index >= 15 is 0 Å². The summed E-state index contributed by atoms with van der Waals surface area (Å²) in [4.78, 5) is 21.2. The number of anilines is 1. The number of halogens is 1. The summed E-state index contributed by atoms with van der Waals surface area (Å²) >= 11 is 0. The van der Waals surface area contributed by atoms with Gasteiger partial charge in [0.15, 0.2) is 5.96 Å². The van der Waals surface area contributed by atoms with Crippen LogP contribution in [0, 0.1) is 6.92 Å². The summed E-state index contributed by atoms with van der Waals surface area (Å²) in [5.74, 6) is 0.736. The molecule has 0 aromatic heterocycles. The SMILES string of the molecule is CN=C(NCc1cccc(C(=O)NCCN(C)C)c1)NC1CCN(c2ccc(C)cc2)C1.I. The van der Waals surface area contributed by atoms with Crippen molar-refractivity contribution in [2.45, 2.75) is 25.9 Å². The van der Waals surface area contributed by atoms with Crippen molar-refractivity contribution in [3.63, 3.8) is 0 Å². The zero-order valence-corrected chi connectivity index (χ0v) is 22.4. The number of nitrogens with one attached hydrogen (secondary N) is 3. The lowest BCUT2D eigenvalue weighted by Gasteiger charge is -2.20. The molecule has 33 heavy (non-hydrogen) atoms. The van der Waals surface area contributed by atoms with Crippen LogP contribution in [0.15, 0.2) is 53.5 Å². The highest BCUT2D eigenvalue weighted by molar-refractivity contribution is 14.0. The van der Waals surface area contributed by atoms with Crippen molar-refractivity contribution in [2.75, 3.05) is 52.2 Å². The second kappa shape index (κ2) is 13.4. The van der Waals surface area contributed by atoms with Gasteiger partial charge in [-0.2, -0.15) is 0 Å². The van der Waals surface area contributed by atoms with Gasteiger partial charge in [0.2, 0.25) is 0 Å². The Labute approximate surface area is 215 Å². The molecule has 2 aromatic carbocycles. The smallest absolute Gasteiger partial charge is 0.251 e. The molecule has 1 fully saturated rings. The van der Waals surface area contributed by atoms with Gasteiger partial charge in [0.05, 0.1) is 0 Å². The molecule has 8 heteroatoms. The largest absolute Gasteiger partial charge is 0.369 e. The van der Waals surface area contributed by atoms with Crippen molar-refractivity contribution in [1.29, 1.82) is 0 Å². The maximum absolute atomic E-state index is 12.4. The lowest BCUT2D eigenvalue weighted by molar-refractivity contribution is 0.0951. The fourth-order valence-corrected chi connectivity index (χ4v) is 3.76. The zero-order chi connectivity index (χ0) is 22.9. The molecule has 1 heterocycles. The van der Waals surface area contributed by atoms with Crippen LogP contribution in [0.1, 0.15) is 27.9 Å². The third-order valence-corrected chi connectivity index (χ3v) is 5.65. The number of benzene rings is 2. The molecule has 1 aliphatic heterocycles. The molecule has 1 saturated heterocycles. The van der Waals surface area contributed by atoms with Crippen LogP contribution in [0.2, 0.25) is 0 Å². The van der Waals surface area contributed by atoms with E-state index in [2.05, 4.69) is 57.0 Å². The van der Waals surface area contributed by atoms with Crippen LogP contribution in [0.4, 0.5) is 5.69 Å². The molecule has 0 bridgehead atoms. The summed E-state index contributed by atoms with van der Waals surface area (Å²) in [7, 11) is 5.77. The van der Waals surface area contributed by atoms with Crippen LogP contribution in [0.5, 0.6) is 0 Å². The number of aliphatic imine (C=N–C) groups is 1. The molecule has 0 saturated carbocycles. The third-order valence-electron chi connectivity index (χ3n) is 5.65. The first kappa shape index (κ1) is 26.9. The standard InChI is InChI=1S/C25H36N6O.HI/c1-19-8-10-23(11-9-19)31-14-12-22(18-31)29-25(26-2)28-17-20-6-5-7-21(16-20)24(32)27-13-15-30(3)4;/h5-11,16,22H,12-15,17-18H2,1-4H3,(H,27,32)(H2,26,28,29);1H. The quantitative estimate of drug-likeness (QED) is 0.262. The van der Waals surface area contributed by atoms with Gasteiger partial charge in [-0.15, -0.1) is 24.0 Å². The number of carbonyl (C=O) groups is 1. The lowest BCUT2D eigenvalue weighted by atomic mass is 10.1. The molecular weight excluding hydrogens is 527 g/mol. The maximum atomic E-state index is 12.4. The minimum Gasteiger partial charge on any atom is -0.369 e. The molecule has 1 unspecified atom stereocenters. The van der Waals surface area contributed by atoms with Crippen LogP contribution >= 0.6 is 24.0 Å². The Kier molecular flexibility index (Phi) is 10.9. The highest BCUT2D eigenvalue weighted by Crippen LogP contribution is 2.20. The van der Waals surface area contributed by atoms with Gasteiger partial charge in [0.25, 0.3) is 5.91 Å². The van der Waals surface area contributed by atoms with Gasteiger partial charge >= 0.3 is 0 Å². The molecule has 0 aliphatic carbocycles. The van der Waals surface area contributed by atoms with Crippen LogP contribution in [-0.4, -0.2) is 70.1 Å². The minimum atomic E-state index is -0.0432. The Hall–Kier alpha value is -2.33. The van der Waals surface area contributed by atoms with Crippen molar-refractivity contribution < 1.29 is 4.79 Å². The maximum Gasteiger partial charge on any atom is 0.251 e. The van der Waals surface area contributed by atoms with Crippen LogP contribution in [0.3, 0.4) is 0 Å². The number of likely N-dealkylation sites (N-methyl/N-ethyl adjacent to an activating group) is 1. The molecule has 1 atom stereocenters. The molecule has 7 nitrogen and oxygen atoms in total. The van der Waals surface area contributed by atoms with Gasteiger partial charge in [0.1, 0.15) is 0 Å². The molecule has 0 radical (unpaired) electrons. The Morgan fingerprint density at radius 1 is 1.15 bits per heavy atom. The summed E-state index contributed by atoms with van der Waals surface area (Å²) in [6, 6.07) is 16.8. The number of aryl methyl sites for hydroxylation is 1. The monoisotopic (exact) mass is 564 g/mol. The second-order valence-corrected chi connectivity index (χ2v) is 8.60. The third kappa shape index (κ3) is 8.51. The average molecular weight is 565 g/mol. The first-order chi connectivity index (χ1) is 15.4. The van der Waals surface area contributed by atoms with E-state index < -0.39 is 0 Å². The van der Waals surface area contributed by atoms with Crippen molar-refractivity contribution in [2.24, 2.45) is 4.99 Å². The molecule has 3 N–H and O–H groups in total. The van der Waals surface area contributed by atoms with Gasteiger partial charge in [0, 0.05) is 57.1 Å². The molecule has 0 spiro atoms. The van der Waals surface area contributed by atoms with Crippen molar-refractivity contribution >= 4 is 41.5 Å². The second-order valence-electron chi connectivity index (χ2n) is 8.60. The lowest BCUT2D eigenvalue weighted by Crippen LogP contribution is -2.44. The molecule has 1 aliphatic rings. The number of guanidine groups is 1. The van der Waals surface area contributed by atoms with Crippen LogP contribution in [0.25, 0.3) is 0 Å². The van der Waals surface area contributed by atoms with Crippen LogP contribution in [-0.2, 0) is 6.54 Å². The summed E-state index contributed by atoms with van der Waals surface area (Å²) < 4.78 is 0. The molecule has 1 amide bonds. The van der Waals surface area contributed by atoms with E-state index in [9.17, 15) is 4.79 Å². The number of carbonyl (C=O) groups excluding carboxylic acids is 1. The summed E-state index contributed by atoms with van der Waals surface area (Å²) in [6.07, 6.45) is 1.07. The predicted octanol–water partition coefficient (Wildman–Crippen LogP) is 2.85. The van der Waals surface area contributed by atoms with E-state index in [0.29, 0.717) is 24.7 Å². The van der Waals surface area contributed by atoms with E-state index in [-0.39, 0.29) is 29.9 Å².